The minimum Gasteiger partial charge on any atom is -0.366 e. The number of nitrogens with zero attached hydrogens (tertiary/aromatic N) is 2. The summed E-state index contributed by atoms with van der Waals surface area (Å²) < 4.78 is 39.9. The van der Waals surface area contributed by atoms with Crippen LogP contribution >= 0.6 is 0 Å². The summed E-state index contributed by atoms with van der Waals surface area (Å²) in [6, 6.07) is 2.82. The molecule has 2 unspecified atom stereocenters. The quantitative estimate of drug-likeness (QED) is 0.731. The second-order valence-electron chi connectivity index (χ2n) is 5.87. The van der Waals surface area contributed by atoms with Gasteiger partial charge in [0, 0.05) is 43.0 Å². The van der Waals surface area contributed by atoms with E-state index in [0.717, 1.165) is 38.2 Å². The van der Waals surface area contributed by atoms with E-state index in [1.54, 1.807) is 0 Å². The van der Waals surface area contributed by atoms with Gasteiger partial charge in [0.1, 0.15) is 0 Å². The van der Waals surface area contributed by atoms with Crippen molar-refractivity contribution in [2.24, 2.45) is 0 Å². The van der Waals surface area contributed by atoms with Crippen molar-refractivity contribution in [2.75, 3.05) is 24.5 Å². The van der Waals surface area contributed by atoms with E-state index >= 15 is 0 Å². The summed E-state index contributed by atoms with van der Waals surface area (Å²) in [6.07, 6.45) is 3.55. The van der Waals surface area contributed by atoms with E-state index < -0.39 is 17.5 Å². The molecular weight excluding hydrogens is 265 g/mol. The van der Waals surface area contributed by atoms with Gasteiger partial charge in [0.15, 0.2) is 17.5 Å². The molecule has 2 nitrogen and oxygen atoms in total. The summed E-state index contributed by atoms with van der Waals surface area (Å²) in [6.45, 7) is 4.80. The molecule has 3 rings (SSSR count). The molecule has 20 heavy (non-hydrogen) atoms. The molecule has 0 radical (unpaired) electrons. The molecule has 2 saturated heterocycles. The average molecular weight is 284 g/mol. The van der Waals surface area contributed by atoms with E-state index in [1.807, 2.05) is 11.8 Å². The van der Waals surface area contributed by atoms with Gasteiger partial charge in [-0.05, 0) is 26.3 Å². The molecule has 0 saturated carbocycles. The summed E-state index contributed by atoms with van der Waals surface area (Å²) in [5, 5.41) is 0. The van der Waals surface area contributed by atoms with Crippen molar-refractivity contribution in [2.45, 2.75) is 38.3 Å². The molecule has 2 aliphatic heterocycles. The van der Waals surface area contributed by atoms with Crippen LogP contribution in [0.15, 0.2) is 12.1 Å². The molecule has 0 bridgehead atoms. The Morgan fingerprint density at radius 1 is 1.05 bits per heavy atom. The molecule has 0 N–H and O–H groups in total. The van der Waals surface area contributed by atoms with Crippen LogP contribution in [0.25, 0.3) is 0 Å². The zero-order valence-electron chi connectivity index (χ0n) is 11.6. The first-order valence-electron chi connectivity index (χ1n) is 7.21. The van der Waals surface area contributed by atoms with E-state index in [4.69, 9.17) is 0 Å². The maximum Gasteiger partial charge on any atom is 0.194 e. The fourth-order valence-corrected chi connectivity index (χ4v) is 3.42. The van der Waals surface area contributed by atoms with Gasteiger partial charge in [-0.15, -0.1) is 0 Å². The number of anilines is 1. The third-order valence-electron chi connectivity index (χ3n) is 4.49. The van der Waals surface area contributed by atoms with Crippen LogP contribution in [-0.4, -0.2) is 36.6 Å². The average Bonchev–Trinajstić information content (AvgIpc) is 2.43. The van der Waals surface area contributed by atoms with Crippen molar-refractivity contribution in [3.63, 3.8) is 0 Å². The second-order valence-corrected chi connectivity index (χ2v) is 5.87. The van der Waals surface area contributed by atoms with Crippen LogP contribution in [0.2, 0.25) is 0 Å². The topological polar surface area (TPSA) is 6.48 Å². The van der Waals surface area contributed by atoms with Crippen molar-refractivity contribution in [1.82, 2.24) is 4.90 Å². The van der Waals surface area contributed by atoms with Crippen LogP contribution in [-0.2, 0) is 0 Å². The molecule has 0 amide bonds. The van der Waals surface area contributed by atoms with Gasteiger partial charge in [0.2, 0.25) is 0 Å². The fourth-order valence-electron chi connectivity index (χ4n) is 3.42. The van der Waals surface area contributed by atoms with Crippen molar-refractivity contribution in [1.29, 1.82) is 0 Å². The molecule has 110 valence electrons. The van der Waals surface area contributed by atoms with E-state index in [9.17, 15) is 13.2 Å². The van der Waals surface area contributed by atoms with E-state index in [-0.39, 0.29) is 6.04 Å². The van der Waals surface area contributed by atoms with Crippen LogP contribution in [0, 0.1) is 17.5 Å². The number of hydrogen-bond acceptors (Lipinski definition) is 2. The summed E-state index contributed by atoms with van der Waals surface area (Å²) in [5.74, 6) is -3.62. The fraction of sp³-hybridized carbons (Fsp3) is 0.600. The van der Waals surface area contributed by atoms with Crippen molar-refractivity contribution in [3.8, 4) is 0 Å². The highest BCUT2D eigenvalue weighted by molar-refractivity contribution is 5.49. The summed E-state index contributed by atoms with van der Waals surface area (Å²) in [7, 11) is 0. The predicted octanol–water partition coefficient (Wildman–Crippen LogP) is 3.17. The molecule has 0 aromatic heterocycles. The Morgan fingerprint density at radius 2 is 1.75 bits per heavy atom. The molecule has 2 aliphatic rings. The standard InChI is InChI=1S/C15H19F3N2/c1-10-8-19-5-3-2-4-11(19)9-20(10)12-6-13(16)15(18)14(17)7-12/h6-7,10-11H,2-5,8-9H2,1H3. The van der Waals surface area contributed by atoms with Crippen molar-refractivity contribution in [3.05, 3.63) is 29.6 Å². The van der Waals surface area contributed by atoms with E-state index in [1.165, 1.54) is 12.8 Å². The Kier molecular flexibility index (Phi) is 3.63. The smallest absolute Gasteiger partial charge is 0.194 e. The van der Waals surface area contributed by atoms with Gasteiger partial charge in [-0.2, -0.15) is 0 Å². The summed E-state index contributed by atoms with van der Waals surface area (Å²) >= 11 is 0. The van der Waals surface area contributed by atoms with Gasteiger partial charge in [-0.3, -0.25) is 4.90 Å². The first-order valence-corrected chi connectivity index (χ1v) is 7.21. The molecule has 0 spiro atoms. The molecule has 1 aromatic carbocycles. The first-order chi connectivity index (χ1) is 9.56. The SMILES string of the molecule is CC1CN2CCCCC2CN1c1cc(F)c(F)c(F)c1. The Bertz CT molecular complexity index is 483. The van der Waals surface area contributed by atoms with Crippen LogP contribution in [0.4, 0.5) is 18.9 Å². The highest BCUT2D eigenvalue weighted by Crippen LogP contribution is 2.29. The number of piperidine rings is 1. The van der Waals surface area contributed by atoms with Gasteiger partial charge in [-0.1, -0.05) is 6.42 Å². The Morgan fingerprint density at radius 3 is 2.45 bits per heavy atom. The third-order valence-corrected chi connectivity index (χ3v) is 4.49. The van der Waals surface area contributed by atoms with E-state index in [0.29, 0.717) is 11.7 Å². The molecule has 1 aromatic rings. The lowest BCUT2D eigenvalue weighted by Gasteiger charge is -2.48. The largest absolute Gasteiger partial charge is 0.366 e. The van der Waals surface area contributed by atoms with Gasteiger partial charge >= 0.3 is 0 Å². The number of fused-ring (bicyclic) bond motifs is 1. The zero-order valence-corrected chi connectivity index (χ0v) is 11.6. The summed E-state index contributed by atoms with van der Waals surface area (Å²) in [5.41, 5.74) is 0.444. The van der Waals surface area contributed by atoms with E-state index in [2.05, 4.69) is 4.90 Å². The highest BCUT2D eigenvalue weighted by Gasteiger charge is 2.33. The zero-order chi connectivity index (χ0) is 14.3. The van der Waals surface area contributed by atoms with Crippen LogP contribution in [0.3, 0.4) is 0 Å². The first kappa shape index (κ1) is 13.7. The Hall–Kier alpha value is -1.23. The lowest BCUT2D eigenvalue weighted by Crippen LogP contribution is -2.58. The van der Waals surface area contributed by atoms with Crippen molar-refractivity contribution < 1.29 is 13.2 Å². The number of benzene rings is 1. The minimum absolute atomic E-state index is 0.175. The van der Waals surface area contributed by atoms with Crippen LogP contribution < -0.4 is 4.90 Å². The monoisotopic (exact) mass is 284 g/mol. The normalized spacial score (nSPS) is 27.5. The molecule has 2 fully saturated rings. The van der Waals surface area contributed by atoms with Crippen LogP contribution in [0.1, 0.15) is 26.2 Å². The lowest BCUT2D eigenvalue weighted by molar-refractivity contribution is 0.115. The van der Waals surface area contributed by atoms with Gasteiger partial charge in [-0.25, -0.2) is 13.2 Å². The second kappa shape index (κ2) is 5.28. The van der Waals surface area contributed by atoms with Gasteiger partial charge < -0.3 is 4.90 Å². The van der Waals surface area contributed by atoms with Crippen molar-refractivity contribution >= 4 is 5.69 Å². The third kappa shape index (κ3) is 2.39. The predicted molar refractivity (Wildman–Crippen MR) is 72.3 cm³/mol. The lowest BCUT2D eigenvalue weighted by atomic mass is 9.96. The van der Waals surface area contributed by atoms with Gasteiger partial charge in [0.05, 0.1) is 0 Å². The minimum atomic E-state index is -1.39. The number of piperazine rings is 1. The number of rotatable bonds is 1. The number of hydrogen-bond donors (Lipinski definition) is 0. The molecule has 2 heterocycles. The highest BCUT2D eigenvalue weighted by atomic mass is 19.2. The maximum absolute atomic E-state index is 13.4. The number of halogens is 3. The molecule has 5 heteroatoms. The van der Waals surface area contributed by atoms with Crippen LogP contribution in [0.5, 0.6) is 0 Å². The van der Waals surface area contributed by atoms with Gasteiger partial charge in [0.25, 0.3) is 0 Å². The Balaban J connectivity index is 1.86. The maximum atomic E-state index is 13.4. The molecular formula is C15H19F3N2. The summed E-state index contributed by atoms with van der Waals surface area (Å²) in [4.78, 5) is 4.46. The molecule has 0 aliphatic carbocycles. The molecule has 2 atom stereocenters. The Labute approximate surface area is 117 Å².